The zero-order chi connectivity index (χ0) is 21.1. The van der Waals surface area contributed by atoms with E-state index >= 15 is 0 Å². The molecule has 2 heterocycles. The first-order valence-corrected chi connectivity index (χ1v) is 10.6. The molecule has 7 heteroatoms. The molecule has 0 spiro atoms. The van der Waals surface area contributed by atoms with Crippen molar-refractivity contribution in [2.24, 2.45) is 0 Å². The lowest BCUT2D eigenvalue weighted by Gasteiger charge is -2.11. The van der Waals surface area contributed by atoms with Gasteiger partial charge < -0.3 is 9.15 Å². The number of ether oxygens (including phenoxy) is 1. The van der Waals surface area contributed by atoms with Crippen molar-refractivity contribution in [1.82, 2.24) is 9.97 Å². The van der Waals surface area contributed by atoms with Crippen LogP contribution in [0.3, 0.4) is 0 Å². The van der Waals surface area contributed by atoms with Gasteiger partial charge in [0.2, 0.25) is 0 Å². The summed E-state index contributed by atoms with van der Waals surface area (Å²) in [7, 11) is 0. The van der Waals surface area contributed by atoms with Crippen molar-refractivity contribution in [2.45, 2.75) is 52.3 Å². The van der Waals surface area contributed by atoms with E-state index in [1.807, 2.05) is 46.1 Å². The van der Waals surface area contributed by atoms with Crippen LogP contribution in [0.5, 0.6) is 0 Å². The fraction of sp³-hybridized carbons (Fsp3) is 0.364. The molecule has 2 aromatic heterocycles. The molecule has 0 aliphatic rings. The highest BCUT2D eigenvalue weighted by Crippen LogP contribution is 2.22. The molecule has 0 fully saturated rings. The molecule has 0 saturated carbocycles. The fourth-order valence-corrected chi connectivity index (χ4v) is 3.68. The Hall–Kier alpha value is -2.67. The summed E-state index contributed by atoms with van der Waals surface area (Å²) in [6.45, 7) is 7.83. The molecule has 6 nitrogen and oxygen atoms in total. The van der Waals surface area contributed by atoms with Crippen LogP contribution in [0.25, 0.3) is 11.0 Å². The molecule has 1 aromatic carbocycles. The SMILES string of the molecule is CSc1nc(C)c(CCC(=O)OCc2cc(=O)oc3cc(C)c(C)cc23)c(C)n1. The van der Waals surface area contributed by atoms with E-state index in [0.29, 0.717) is 17.6 Å². The fourth-order valence-electron chi connectivity index (χ4n) is 3.22. The highest BCUT2D eigenvalue weighted by atomic mass is 32.2. The average Bonchev–Trinajstić information content (AvgIpc) is 2.66. The number of carbonyl (C=O) groups excluding carboxylic acids is 1. The van der Waals surface area contributed by atoms with Crippen LogP contribution in [0.4, 0.5) is 0 Å². The number of benzene rings is 1. The number of carbonyl (C=O) groups is 1. The van der Waals surface area contributed by atoms with Gasteiger partial charge in [0.25, 0.3) is 0 Å². The van der Waals surface area contributed by atoms with Gasteiger partial charge in [0, 0.05) is 34.8 Å². The summed E-state index contributed by atoms with van der Waals surface area (Å²) in [5.74, 6) is -0.331. The first kappa shape index (κ1) is 21.0. The Bertz CT molecular complexity index is 1110. The Kier molecular flexibility index (Phi) is 6.37. The van der Waals surface area contributed by atoms with Gasteiger partial charge in [-0.25, -0.2) is 14.8 Å². The second-order valence-electron chi connectivity index (χ2n) is 7.04. The number of thioether (sulfide) groups is 1. The van der Waals surface area contributed by atoms with Crippen LogP contribution in [-0.4, -0.2) is 22.2 Å². The maximum atomic E-state index is 12.3. The second-order valence-corrected chi connectivity index (χ2v) is 7.82. The second kappa shape index (κ2) is 8.78. The summed E-state index contributed by atoms with van der Waals surface area (Å²) in [5, 5.41) is 1.51. The highest BCUT2D eigenvalue weighted by molar-refractivity contribution is 7.98. The molecule has 0 aliphatic heterocycles. The van der Waals surface area contributed by atoms with Crippen LogP contribution in [0.15, 0.2) is 32.6 Å². The number of nitrogens with zero attached hydrogens (tertiary/aromatic N) is 2. The molecule has 0 unspecified atom stereocenters. The van der Waals surface area contributed by atoms with E-state index in [4.69, 9.17) is 9.15 Å². The van der Waals surface area contributed by atoms with Crippen LogP contribution in [0, 0.1) is 27.7 Å². The lowest BCUT2D eigenvalue weighted by atomic mass is 10.0. The van der Waals surface area contributed by atoms with Gasteiger partial charge in [-0.15, -0.1) is 0 Å². The average molecular weight is 413 g/mol. The van der Waals surface area contributed by atoms with Gasteiger partial charge in [-0.05, 0) is 69.2 Å². The summed E-state index contributed by atoms with van der Waals surface area (Å²) >= 11 is 1.49. The van der Waals surface area contributed by atoms with E-state index in [1.165, 1.54) is 17.8 Å². The number of aromatic nitrogens is 2. The summed E-state index contributed by atoms with van der Waals surface area (Å²) in [4.78, 5) is 33.0. The minimum Gasteiger partial charge on any atom is -0.461 e. The zero-order valence-corrected chi connectivity index (χ0v) is 18.1. The Morgan fingerprint density at radius 3 is 2.38 bits per heavy atom. The van der Waals surface area contributed by atoms with E-state index in [9.17, 15) is 9.59 Å². The van der Waals surface area contributed by atoms with Gasteiger partial charge in [-0.1, -0.05) is 11.8 Å². The number of esters is 1. The maximum Gasteiger partial charge on any atom is 0.336 e. The lowest BCUT2D eigenvalue weighted by Crippen LogP contribution is -2.10. The van der Waals surface area contributed by atoms with E-state index in [0.717, 1.165) is 38.6 Å². The molecule has 29 heavy (non-hydrogen) atoms. The molecular formula is C22H24N2O4S. The van der Waals surface area contributed by atoms with Crippen molar-refractivity contribution in [1.29, 1.82) is 0 Å². The van der Waals surface area contributed by atoms with Crippen LogP contribution in [0.2, 0.25) is 0 Å². The predicted octanol–water partition coefficient (Wildman–Crippen LogP) is 4.21. The lowest BCUT2D eigenvalue weighted by molar-refractivity contribution is -0.144. The summed E-state index contributed by atoms with van der Waals surface area (Å²) < 4.78 is 10.7. The Morgan fingerprint density at radius 2 is 1.72 bits per heavy atom. The van der Waals surface area contributed by atoms with Crippen molar-refractivity contribution in [2.75, 3.05) is 6.26 Å². The molecule has 3 aromatic rings. The van der Waals surface area contributed by atoms with Crippen molar-refractivity contribution in [3.8, 4) is 0 Å². The minimum atomic E-state index is -0.455. The monoisotopic (exact) mass is 412 g/mol. The van der Waals surface area contributed by atoms with Gasteiger partial charge in [0.05, 0.1) is 0 Å². The van der Waals surface area contributed by atoms with Gasteiger partial charge >= 0.3 is 11.6 Å². The third-order valence-corrected chi connectivity index (χ3v) is 5.54. The highest BCUT2D eigenvalue weighted by Gasteiger charge is 2.13. The third-order valence-electron chi connectivity index (χ3n) is 5.00. The zero-order valence-electron chi connectivity index (χ0n) is 17.3. The van der Waals surface area contributed by atoms with E-state index in [2.05, 4.69) is 9.97 Å². The van der Waals surface area contributed by atoms with E-state index < -0.39 is 5.63 Å². The Labute approximate surface area is 173 Å². The number of rotatable bonds is 6. The number of hydrogen-bond donors (Lipinski definition) is 0. The van der Waals surface area contributed by atoms with Crippen molar-refractivity contribution >= 4 is 28.7 Å². The normalized spacial score (nSPS) is 11.1. The van der Waals surface area contributed by atoms with Crippen molar-refractivity contribution < 1.29 is 13.9 Å². The summed E-state index contributed by atoms with van der Waals surface area (Å²) in [6.07, 6.45) is 2.67. The number of hydrogen-bond acceptors (Lipinski definition) is 7. The smallest absolute Gasteiger partial charge is 0.336 e. The third kappa shape index (κ3) is 4.85. The first-order valence-electron chi connectivity index (χ1n) is 9.36. The first-order chi connectivity index (χ1) is 13.8. The largest absolute Gasteiger partial charge is 0.461 e. The van der Waals surface area contributed by atoms with Gasteiger partial charge in [0.1, 0.15) is 12.2 Å². The molecule has 152 valence electrons. The molecular weight excluding hydrogens is 388 g/mol. The maximum absolute atomic E-state index is 12.3. The summed E-state index contributed by atoms with van der Waals surface area (Å²) in [6, 6.07) is 5.17. The van der Waals surface area contributed by atoms with Crippen LogP contribution >= 0.6 is 11.8 Å². The van der Waals surface area contributed by atoms with Gasteiger partial charge in [-0.2, -0.15) is 0 Å². The Balaban J connectivity index is 1.70. The molecule has 0 bridgehead atoms. The van der Waals surface area contributed by atoms with E-state index in [1.54, 1.807) is 0 Å². The summed E-state index contributed by atoms with van der Waals surface area (Å²) in [5.41, 5.74) is 5.55. The van der Waals surface area contributed by atoms with Crippen LogP contribution < -0.4 is 5.63 Å². The van der Waals surface area contributed by atoms with Crippen molar-refractivity contribution in [3.05, 3.63) is 62.3 Å². The minimum absolute atomic E-state index is 0.0311. The van der Waals surface area contributed by atoms with Gasteiger partial charge in [0.15, 0.2) is 5.16 Å². The molecule has 3 rings (SSSR count). The molecule has 0 amide bonds. The Morgan fingerprint density at radius 1 is 1.07 bits per heavy atom. The van der Waals surface area contributed by atoms with Gasteiger partial charge in [-0.3, -0.25) is 4.79 Å². The topological polar surface area (TPSA) is 82.3 Å². The number of fused-ring (bicyclic) bond motifs is 1. The predicted molar refractivity (Wildman–Crippen MR) is 113 cm³/mol. The van der Waals surface area contributed by atoms with E-state index in [-0.39, 0.29) is 19.0 Å². The molecule has 0 aliphatic carbocycles. The quantitative estimate of drug-likeness (QED) is 0.259. The number of aryl methyl sites for hydroxylation is 4. The molecule has 0 atom stereocenters. The molecule has 0 N–H and O–H groups in total. The molecule has 0 saturated heterocycles. The molecule has 0 radical (unpaired) electrons. The standard InChI is InChI=1S/C22H24N2O4S/c1-12-8-18-16(10-21(26)28-19(18)9-13(12)2)11-27-20(25)7-6-17-14(3)23-22(29-5)24-15(17)4/h8-10H,6-7,11H2,1-5H3. The van der Waals surface area contributed by atoms with Crippen molar-refractivity contribution in [3.63, 3.8) is 0 Å². The van der Waals surface area contributed by atoms with Crippen LogP contribution in [-0.2, 0) is 22.6 Å². The van der Waals surface area contributed by atoms with Crippen LogP contribution in [0.1, 0.15) is 40.1 Å².